The van der Waals surface area contributed by atoms with Crippen molar-refractivity contribution in [2.75, 3.05) is 12.8 Å². The zero-order valence-electron chi connectivity index (χ0n) is 10.2. The van der Waals surface area contributed by atoms with Crippen LogP contribution in [0.25, 0.3) is 11.4 Å². The lowest BCUT2D eigenvalue weighted by molar-refractivity contribution is 0.416. The molecule has 0 unspecified atom stereocenters. The molecule has 0 atom stereocenters. The van der Waals surface area contributed by atoms with Gasteiger partial charge in [0.2, 0.25) is 0 Å². The number of nitrogens with zero attached hydrogens (tertiary/aromatic N) is 3. The Kier molecular flexibility index (Phi) is 2.99. The second-order valence-electron chi connectivity index (χ2n) is 4.12. The Labute approximate surface area is 100 Å². The number of ether oxygens (including phenoxy) is 1. The van der Waals surface area contributed by atoms with Crippen molar-refractivity contribution in [2.45, 2.75) is 19.9 Å². The van der Waals surface area contributed by atoms with Crippen molar-refractivity contribution < 1.29 is 4.74 Å². The molecule has 5 heteroatoms. The third-order valence-corrected chi connectivity index (χ3v) is 2.60. The third-order valence-electron chi connectivity index (χ3n) is 2.60. The average Bonchev–Trinajstić information content (AvgIpc) is 2.77. The van der Waals surface area contributed by atoms with E-state index in [9.17, 15) is 0 Å². The van der Waals surface area contributed by atoms with Gasteiger partial charge in [-0.2, -0.15) is 0 Å². The number of aromatic nitrogens is 3. The molecule has 0 saturated heterocycles. The zero-order valence-corrected chi connectivity index (χ0v) is 10.2. The van der Waals surface area contributed by atoms with Gasteiger partial charge >= 0.3 is 0 Å². The maximum absolute atomic E-state index is 5.73. The largest absolute Gasteiger partial charge is 0.496 e. The fourth-order valence-corrected chi connectivity index (χ4v) is 1.71. The topological polar surface area (TPSA) is 66.0 Å². The van der Waals surface area contributed by atoms with Gasteiger partial charge in [-0.1, -0.05) is 0 Å². The van der Waals surface area contributed by atoms with E-state index in [1.165, 1.54) is 0 Å². The maximum Gasteiger partial charge on any atom is 0.167 e. The summed E-state index contributed by atoms with van der Waals surface area (Å²) in [5, 5.41) is 8.08. The summed E-state index contributed by atoms with van der Waals surface area (Å²) in [6.45, 7) is 4.16. The summed E-state index contributed by atoms with van der Waals surface area (Å²) in [4.78, 5) is 0. The van der Waals surface area contributed by atoms with Crippen LogP contribution in [0.4, 0.5) is 5.69 Å². The normalized spacial score (nSPS) is 10.8. The Morgan fingerprint density at radius 2 is 2.12 bits per heavy atom. The van der Waals surface area contributed by atoms with E-state index in [1.54, 1.807) is 19.5 Å². The van der Waals surface area contributed by atoms with E-state index >= 15 is 0 Å². The molecule has 0 bridgehead atoms. The Bertz CT molecular complexity index is 519. The van der Waals surface area contributed by atoms with E-state index in [0.717, 1.165) is 11.4 Å². The molecule has 2 rings (SSSR count). The molecule has 0 radical (unpaired) electrons. The lowest BCUT2D eigenvalue weighted by atomic mass is 10.1. The van der Waals surface area contributed by atoms with Gasteiger partial charge < -0.3 is 15.0 Å². The van der Waals surface area contributed by atoms with E-state index in [1.807, 2.05) is 16.7 Å². The predicted molar refractivity (Wildman–Crippen MR) is 66.8 cm³/mol. The summed E-state index contributed by atoms with van der Waals surface area (Å²) in [6.07, 6.45) is 1.72. The molecular formula is C12H16N4O. The highest BCUT2D eigenvalue weighted by atomic mass is 16.5. The van der Waals surface area contributed by atoms with E-state index in [4.69, 9.17) is 10.5 Å². The minimum absolute atomic E-state index is 0.294. The molecule has 0 spiro atoms. The number of methoxy groups -OCH3 is 1. The molecule has 0 amide bonds. The van der Waals surface area contributed by atoms with Crippen LogP contribution in [0.15, 0.2) is 24.5 Å². The highest BCUT2D eigenvalue weighted by Crippen LogP contribution is 2.31. The van der Waals surface area contributed by atoms with Gasteiger partial charge in [0.05, 0.1) is 12.7 Å². The lowest BCUT2D eigenvalue weighted by Gasteiger charge is -2.12. The van der Waals surface area contributed by atoms with Gasteiger partial charge in [-0.3, -0.25) is 0 Å². The lowest BCUT2D eigenvalue weighted by Crippen LogP contribution is -2.03. The number of rotatable bonds is 3. The first-order chi connectivity index (χ1) is 8.13. The summed E-state index contributed by atoms with van der Waals surface area (Å²) >= 11 is 0. The number of anilines is 1. The second kappa shape index (κ2) is 4.45. The van der Waals surface area contributed by atoms with Gasteiger partial charge in [-0.05, 0) is 26.0 Å². The first-order valence-corrected chi connectivity index (χ1v) is 5.47. The molecule has 1 aromatic carbocycles. The SMILES string of the molecule is COc1cc(N)ccc1-c1nncn1C(C)C. The van der Waals surface area contributed by atoms with Crippen LogP contribution in [0.2, 0.25) is 0 Å². The van der Waals surface area contributed by atoms with Crippen molar-refractivity contribution in [1.29, 1.82) is 0 Å². The predicted octanol–water partition coefficient (Wildman–Crippen LogP) is 2.12. The molecule has 0 saturated carbocycles. The number of nitrogen functional groups attached to an aromatic ring is 1. The molecule has 0 aliphatic rings. The number of hydrogen-bond donors (Lipinski definition) is 1. The summed E-state index contributed by atoms with van der Waals surface area (Å²) in [5.74, 6) is 1.50. The highest BCUT2D eigenvalue weighted by Gasteiger charge is 2.14. The van der Waals surface area contributed by atoms with Crippen LogP contribution < -0.4 is 10.5 Å². The monoisotopic (exact) mass is 232 g/mol. The number of benzene rings is 1. The maximum atomic E-state index is 5.73. The van der Waals surface area contributed by atoms with Gasteiger partial charge in [-0.15, -0.1) is 10.2 Å². The van der Waals surface area contributed by atoms with E-state index in [2.05, 4.69) is 24.0 Å². The molecule has 90 valence electrons. The fraction of sp³-hybridized carbons (Fsp3) is 0.333. The van der Waals surface area contributed by atoms with Crippen LogP contribution in [-0.4, -0.2) is 21.9 Å². The minimum Gasteiger partial charge on any atom is -0.496 e. The first-order valence-electron chi connectivity index (χ1n) is 5.47. The van der Waals surface area contributed by atoms with Gasteiger partial charge in [0.1, 0.15) is 12.1 Å². The Morgan fingerprint density at radius 1 is 1.35 bits per heavy atom. The molecule has 0 fully saturated rings. The van der Waals surface area contributed by atoms with Gasteiger partial charge in [-0.25, -0.2) is 0 Å². The summed E-state index contributed by atoms with van der Waals surface area (Å²) < 4.78 is 7.32. The van der Waals surface area contributed by atoms with Crippen LogP contribution in [0.5, 0.6) is 5.75 Å². The molecular weight excluding hydrogens is 216 g/mol. The molecule has 2 aromatic rings. The second-order valence-corrected chi connectivity index (χ2v) is 4.12. The highest BCUT2D eigenvalue weighted by molar-refractivity contribution is 5.68. The average molecular weight is 232 g/mol. The van der Waals surface area contributed by atoms with E-state index in [0.29, 0.717) is 17.5 Å². The quantitative estimate of drug-likeness (QED) is 0.823. The molecule has 1 heterocycles. The van der Waals surface area contributed by atoms with Crippen molar-refractivity contribution >= 4 is 5.69 Å². The molecule has 0 aliphatic carbocycles. The van der Waals surface area contributed by atoms with Crippen LogP contribution in [-0.2, 0) is 0 Å². The molecule has 1 aromatic heterocycles. The summed E-state index contributed by atoms with van der Waals surface area (Å²) in [5.41, 5.74) is 7.30. The standard InChI is InChI=1S/C12H16N4O/c1-8(2)16-7-14-15-12(16)10-5-4-9(13)6-11(10)17-3/h4-8H,13H2,1-3H3. The van der Waals surface area contributed by atoms with Crippen molar-refractivity contribution in [3.05, 3.63) is 24.5 Å². The first kappa shape index (κ1) is 11.4. The Balaban J connectivity index is 2.56. The van der Waals surface area contributed by atoms with Crippen molar-refractivity contribution in [2.24, 2.45) is 0 Å². The van der Waals surface area contributed by atoms with Crippen molar-refractivity contribution in [3.63, 3.8) is 0 Å². The van der Waals surface area contributed by atoms with Crippen molar-refractivity contribution in [1.82, 2.24) is 14.8 Å². The Hall–Kier alpha value is -2.04. The van der Waals surface area contributed by atoms with Crippen LogP contribution in [0.1, 0.15) is 19.9 Å². The van der Waals surface area contributed by atoms with Gasteiger partial charge in [0.15, 0.2) is 5.82 Å². The summed E-state index contributed by atoms with van der Waals surface area (Å²) in [7, 11) is 1.62. The molecule has 0 aliphatic heterocycles. The van der Waals surface area contributed by atoms with Crippen LogP contribution in [0, 0.1) is 0 Å². The molecule has 2 N–H and O–H groups in total. The van der Waals surface area contributed by atoms with Crippen molar-refractivity contribution in [3.8, 4) is 17.1 Å². The smallest absolute Gasteiger partial charge is 0.167 e. The van der Waals surface area contributed by atoms with E-state index in [-0.39, 0.29) is 0 Å². The number of nitrogens with two attached hydrogens (primary N) is 1. The van der Waals surface area contributed by atoms with Gasteiger partial charge in [0.25, 0.3) is 0 Å². The van der Waals surface area contributed by atoms with Gasteiger partial charge in [0, 0.05) is 17.8 Å². The molecule has 17 heavy (non-hydrogen) atoms. The van der Waals surface area contributed by atoms with Crippen LogP contribution >= 0.6 is 0 Å². The third kappa shape index (κ3) is 2.08. The van der Waals surface area contributed by atoms with E-state index < -0.39 is 0 Å². The fourth-order valence-electron chi connectivity index (χ4n) is 1.71. The van der Waals surface area contributed by atoms with Crippen LogP contribution in [0.3, 0.4) is 0 Å². The molecule has 5 nitrogen and oxygen atoms in total. The Morgan fingerprint density at radius 3 is 2.76 bits per heavy atom. The minimum atomic E-state index is 0.294. The number of hydrogen-bond acceptors (Lipinski definition) is 4. The zero-order chi connectivity index (χ0) is 12.4. The summed E-state index contributed by atoms with van der Waals surface area (Å²) in [6, 6.07) is 5.81.